The van der Waals surface area contributed by atoms with Gasteiger partial charge < -0.3 is 28.8 Å². The van der Waals surface area contributed by atoms with Crippen molar-refractivity contribution in [3.63, 3.8) is 0 Å². The van der Waals surface area contributed by atoms with Gasteiger partial charge in [0.05, 0.1) is 42.8 Å². The zero-order valence-corrected chi connectivity index (χ0v) is 25.0. The summed E-state index contributed by atoms with van der Waals surface area (Å²) in [5.74, 6) is 0.941. The molecule has 0 spiro atoms. The van der Waals surface area contributed by atoms with E-state index in [-0.39, 0.29) is 32.4 Å². The Morgan fingerprint density at radius 2 is 1.70 bits per heavy atom. The van der Waals surface area contributed by atoms with Crippen LogP contribution in [0.2, 0.25) is 0 Å². The van der Waals surface area contributed by atoms with Gasteiger partial charge >= 0.3 is 5.97 Å². The van der Waals surface area contributed by atoms with Crippen molar-refractivity contribution in [3.8, 4) is 28.8 Å². The number of carbonyl (C=O) groups is 1. The van der Waals surface area contributed by atoms with Crippen LogP contribution in [0.3, 0.4) is 0 Å². The number of anilines is 2. The monoisotopic (exact) mass is 593 g/mol. The van der Waals surface area contributed by atoms with Gasteiger partial charge in [-0.25, -0.2) is 11.4 Å². The Kier molecular flexibility index (Phi) is 9.85. The fraction of sp³-hybridized carbons (Fsp3) is 0.324. The van der Waals surface area contributed by atoms with Crippen molar-refractivity contribution >= 4 is 28.2 Å². The van der Waals surface area contributed by atoms with E-state index < -0.39 is 0 Å². The van der Waals surface area contributed by atoms with E-state index in [4.69, 9.17) is 25.5 Å². The van der Waals surface area contributed by atoms with Gasteiger partial charge in [0.15, 0.2) is 0 Å². The van der Waals surface area contributed by atoms with Crippen molar-refractivity contribution in [1.82, 2.24) is 4.98 Å². The lowest BCUT2D eigenvalue weighted by Crippen LogP contribution is -2.31. The lowest BCUT2D eigenvalue weighted by Gasteiger charge is -2.24. The number of nitriles is 1. The molecule has 1 aliphatic rings. The molecule has 0 fully saturated rings. The standard InChI is InChI=1S/C34H35N5O5/c1-4-42-34(40)27-7-6-25-20-28(37-29(25)21-27)26-8-10-31-33(22-26)44-18-17-43-32-19-24(2)5-9-30(32)38(12-11-35)13-15-41-16-14-39(31)23-36-3/h5-10,19-22,37H,4,12-18,23H2,1-2H3. The first-order valence-corrected chi connectivity index (χ1v) is 14.6. The molecule has 2 heterocycles. The van der Waals surface area contributed by atoms with Gasteiger partial charge in [0.25, 0.3) is 6.67 Å². The minimum absolute atomic E-state index is 0.143. The summed E-state index contributed by atoms with van der Waals surface area (Å²) in [6.45, 7) is 14.4. The smallest absolute Gasteiger partial charge is 0.338 e. The fourth-order valence-corrected chi connectivity index (χ4v) is 5.16. The average molecular weight is 594 g/mol. The number of carbonyl (C=O) groups excluding carboxylic acids is 1. The summed E-state index contributed by atoms with van der Waals surface area (Å²) >= 11 is 0. The van der Waals surface area contributed by atoms with Crippen LogP contribution in [0.5, 0.6) is 11.5 Å². The predicted molar refractivity (Wildman–Crippen MR) is 169 cm³/mol. The number of aromatic nitrogens is 1. The Labute approximate surface area is 257 Å². The van der Waals surface area contributed by atoms with Gasteiger partial charge in [0, 0.05) is 35.2 Å². The summed E-state index contributed by atoms with van der Waals surface area (Å²) in [4.78, 5) is 23.2. The Bertz CT molecular complexity index is 1700. The topological polar surface area (TPSA) is 104 Å². The number of nitrogens with zero attached hydrogens (tertiary/aromatic N) is 4. The largest absolute Gasteiger partial charge is 0.488 e. The van der Waals surface area contributed by atoms with Crippen LogP contribution >= 0.6 is 0 Å². The van der Waals surface area contributed by atoms with E-state index in [0.29, 0.717) is 50.0 Å². The van der Waals surface area contributed by atoms with Crippen molar-refractivity contribution in [2.24, 2.45) is 0 Å². The molecule has 0 saturated carbocycles. The molecule has 1 N–H and O–H groups in total. The number of rotatable bonds is 5. The van der Waals surface area contributed by atoms with E-state index in [9.17, 15) is 10.1 Å². The molecule has 0 unspecified atom stereocenters. The molecule has 5 rings (SSSR count). The maximum atomic E-state index is 12.2. The Morgan fingerprint density at radius 1 is 0.977 bits per heavy atom. The molecule has 10 nitrogen and oxygen atoms in total. The van der Waals surface area contributed by atoms with Gasteiger partial charge in [-0.2, -0.15) is 5.26 Å². The molecule has 0 atom stereocenters. The quantitative estimate of drug-likeness (QED) is 0.175. The molecule has 226 valence electrons. The predicted octanol–water partition coefficient (Wildman–Crippen LogP) is 5.82. The van der Waals surface area contributed by atoms with Gasteiger partial charge in [-0.15, -0.1) is 0 Å². The molecule has 0 aliphatic carbocycles. The lowest BCUT2D eigenvalue weighted by molar-refractivity contribution is 0.0526. The second-order valence-corrected chi connectivity index (χ2v) is 10.3. The summed E-state index contributed by atoms with van der Waals surface area (Å²) in [6, 6.07) is 21.5. The Morgan fingerprint density at radius 3 is 2.45 bits per heavy atom. The lowest BCUT2D eigenvalue weighted by atomic mass is 10.1. The zero-order chi connectivity index (χ0) is 30.9. The van der Waals surface area contributed by atoms with Crippen LogP contribution in [-0.4, -0.2) is 70.3 Å². The van der Waals surface area contributed by atoms with Gasteiger partial charge in [-0.05, 0) is 61.9 Å². The fourth-order valence-electron chi connectivity index (χ4n) is 5.16. The average Bonchev–Trinajstić information content (AvgIpc) is 3.45. The number of nitrogens with one attached hydrogen (secondary N) is 1. The second-order valence-electron chi connectivity index (χ2n) is 10.3. The van der Waals surface area contributed by atoms with Gasteiger partial charge in [-0.1, -0.05) is 18.2 Å². The number of aromatic amines is 1. The highest BCUT2D eigenvalue weighted by molar-refractivity contribution is 5.96. The number of ether oxygens (including phenoxy) is 4. The maximum absolute atomic E-state index is 12.2. The zero-order valence-electron chi connectivity index (χ0n) is 25.0. The molecular weight excluding hydrogens is 558 g/mol. The third-order valence-electron chi connectivity index (χ3n) is 7.31. The first kappa shape index (κ1) is 30.3. The number of esters is 1. The van der Waals surface area contributed by atoms with E-state index in [1.54, 1.807) is 19.1 Å². The maximum Gasteiger partial charge on any atom is 0.338 e. The van der Waals surface area contributed by atoms with Crippen LogP contribution in [0.4, 0.5) is 11.4 Å². The van der Waals surface area contributed by atoms with Gasteiger partial charge in [0.2, 0.25) is 0 Å². The van der Waals surface area contributed by atoms with Crippen molar-refractivity contribution in [2.75, 3.05) is 69.1 Å². The van der Waals surface area contributed by atoms with Crippen molar-refractivity contribution in [1.29, 1.82) is 5.26 Å². The van der Waals surface area contributed by atoms with Gasteiger partial charge in [-0.3, -0.25) is 9.74 Å². The van der Waals surface area contributed by atoms with Crippen molar-refractivity contribution < 1.29 is 23.7 Å². The first-order chi connectivity index (χ1) is 21.5. The molecule has 1 aliphatic heterocycles. The first-order valence-electron chi connectivity index (χ1n) is 14.6. The summed E-state index contributed by atoms with van der Waals surface area (Å²) < 4.78 is 23.6. The minimum Gasteiger partial charge on any atom is -0.488 e. The highest BCUT2D eigenvalue weighted by Gasteiger charge is 2.19. The van der Waals surface area contributed by atoms with Gasteiger partial charge in [0.1, 0.15) is 31.3 Å². The summed E-state index contributed by atoms with van der Waals surface area (Å²) in [6.07, 6.45) is 0. The number of aryl methyl sites for hydroxylation is 1. The molecule has 0 amide bonds. The number of fused-ring (bicyclic) bond motifs is 3. The molecule has 4 aromatic rings. The Balaban J connectivity index is 1.45. The van der Waals surface area contributed by atoms with E-state index >= 15 is 0 Å². The third kappa shape index (κ3) is 7.05. The second kappa shape index (κ2) is 14.3. The summed E-state index contributed by atoms with van der Waals surface area (Å²) in [7, 11) is 0. The molecule has 0 bridgehead atoms. The Hall–Kier alpha value is -5.19. The van der Waals surface area contributed by atoms with Crippen LogP contribution in [0, 0.1) is 24.8 Å². The highest BCUT2D eigenvalue weighted by atomic mass is 16.5. The molecule has 3 aromatic carbocycles. The third-order valence-corrected chi connectivity index (χ3v) is 7.31. The minimum atomic E-state index is -0.359. The summed E-state index contributed by atoms with van der Waals surface area (Å²) in [5.41, 5.74) is 5.73. The van der Waals surface area contributed by atoms with E-state index in [2.05, 4.69) is 15.9 Å². The molecule has 0 saturated heterocycles. The van der Waals surface area contributed by atoms with Crippen LogP contribution in [0.25, 0.3) is 27.0 Å². The number of hydrogen-bond acceptors (Lipinski definition) is 8. The van der Waals surface area contributed by atoms with Crippen LogP contribution in [-0.2, 0) is 9.47 Å². The van der Waals surface area contributed by atoms with Crippen LogP contribution in [0.1, 0.15) is 22.8 Å². The van der Waals surface area contributed by atoms with Crippen LogP contribution < -0.4 is 19.3 Å². The molecule has 44 heavy (non-hydrogen) atoms. The number of hydrogen-bond donors (Lipinski definition) is 1. The van der Waals surface area contributed by atoms with Crippen LogP contribution in [0.15, 0.2) is 60.7 Å². The van der Waals surface area contributed by atoms with E-state index in [1.807, 2.05) is 65.3 Å². The SMILES string of the molecule is [C-]#[N+]CN1CCOCCN(CC#N)c2ccc(C)cc2OCCOc2cc(-c3cc4ccc(C(=O)OCC)cc4[nH]3)ccc21. The number of H-pyrrole nitrogens is 1. The molecule has 1 aromatic heterocycles. The van der Waals surface area contributed by atoms with E-state index in [1.165, 1.54) is 0 Å². The molecule has 0 radical (unpaired) electrons. The highest BCUT2D eigenvalue weighted by Crippen LogP contribution is 2.35. The van der Waals surface area contributed by atoms with Crippen molar-refractivity contribution in [3.05, 3.63) is 83.2 Å². The molecular formula is C34H35N5O5. The summed E-state index contributed by atoms with van der Waals surface area (Å²) in [5, 5.41) is 10.4. The van der Waals surface area contributed by atoms with E-state index in [0.717, 1.165) is 39.1 Å². The normalized spacial score (nSPS) is 14.1. The van der Waals surface area contributed by atoms with Crippen molar-refractivity contribution in [2.45, 2.75) is 13.8 Å². The number of benzene rings is 3. The molecule has 10 heteroatoms.